The monoisotopic (exact) mass is 358 g/mol. The third kappa shape index (κ3) is 4.81. The van der Waals surface area contributed by atoms with Crippen LogP contribution >= 0.6 is 23.5 Å². The molecule has 0 aliphatic heterocycles. The highest BCUT2D eigenvalue weighted by Crippen LogP contribution is 2.48. The molecule has 4 nitrogen and oxygen atoms in total. The molecule has 0 aromatic heterocycles. The molecule has 2 amide bonds. The van der Waals surface area contributed by atoms with Crippen molar-refractivity contribution in [3.8, 4) is 0 Å². The molecule has 2 fully saturated rings. The molecule has 2 saturated carbocycles. The second kappa shape index (κ2) is 9.21. The van der Waals surface area contributed by atoms with Gasteiger partial charge in [-0.25, -0.2) is 0 Å². The maximum Gasteiger partial charge on any atom is 0.256 e. The summed E-state index contributed by atoms with van der Waals surface area (Å²) in [5.41, 5.74) is 0. The molecule has 0 atom stereocenters. The summed E-state index contributed by atoms with van der Waals surface area (Å²) < 4.78 is -1.03. The quantitative estimate of drug-likeness (QED) is 0.565. The number of hydrogen-bond acceptors (Lipinski definition) is 4. The summed E-state index contributed by atoms with van der Waals surface area (Å²) in [7, 11) is 3.28. The van der Waals surface area contributed by atoms with E-state index in [4.69, 9.17) is 0 Å². The van der Waals surface area contributed by atoms with Crippen molar-refractivity contribution in [1.82, 2.24) is 10.6 Å². The first-order valence-electron chi connectivity index (χ1n) is 8.92. The summed E-state index contributed by atoms with van der Waals surface area (Å²) in [6.45, 7) is 0. The molecule has 0 bridgehead atoms. The van der Waals surface area contributed by atoms with Crippen LogP contribution in [0, 0.1) is 0 Å². The molecule has 0 spiro atoms. The van der Waals surface area contributed by atoms with E-state index in [1.54, 1.807) is 37.6 Å². The van der Waals surface area contributed by atoms with Crippen LogP contribution in [0.15, 0.2) is 0 Å². The molecule has 2 N–H and O–H groups in total. The molecule has 0 heterocycles. The molecular formula is C17H30N2O2S2. The molecule has 2 aliphatic rings. The third-order valence-corrected chi connectivity index (χ3v) is 8.41. The minimum absolute atomic E-state index is 0.150. The van der Waals surface area contributed by atoms with Gasteiger partial charge in [-0.3, -0.25) is 9.59 Å². The van der Waals surface area contributed by atoms with E-state index in [-0.39, 0.29) is 11.8 Å². The average Bonchev–Trinajstić information content (AvgIpc) is 2.61. The van der Waals surface area contributed by atoms with E-state index in [1.165, 1.54) is 38.5 Å². The Hall–Kier alpha value is -0.360. The van der Waals surface area contributed by atoms with Crippen LogP contribution in [0.2, 0.25) is 0 Å². The molecule has 0 radical (unpaired) electrons. The van der Waals surface area contributed by atoms with Crippen molar-refractivity contribution in [2.24, 2.45) is 0 Å². The molecule has 23 heavy (non-hydrogen) atoms. The normalized spacial score (nSPS) is 21.0. The van der Waals surface area contributed by atoms with Gasteiger partial charge >= 0.3 is 0 Å². The van der Waals surface area contributed by atoms with Crippen molar-refractivity contribution >= 4 is 35.3 Å². The largest absolute Gasteiger partial charge is 0.357 e. The van der Waals surface area contributed by atoms with Gasteiger partial charge in [0, 0.05) is 24.6 Å². The number of rotatable bonds is 6. The van der Waals surface area contributed by atoms with E-state index < -0.39 is 4.08 Å². The van der Waals surface area contributed by atoms with E-state index in [9.17, 15) is 9.59 Å². The summed E-state index contributed by atoms with van der Waals surface area (Å²) in [6, 6.07) is 0. The lowest BCUT2D eigenvalue weighted by atomic mass is 10.0. The third-order valence-electron chi connectivity index (χ3n) is 4.82. The second-order valence-electron chi connectivity index (χ2n) is 6.53. The zero-order valence-corrected chi connectivity index (χ0v) is 16.0. The Balaban J connectivity index is 2.20. The van der Waals surface area contributed by atoms with Crippen molar-refractivity contribution in [2.75, 3.05) is 14.1 Å². The van der Waals surface area contributed by atoms with E-state index in [0.29, 0.717) is 10.5 Å². The molecule has 0 aromatic rings. The fourth-order valence-corrected chi connectivity index (χ4v) is 7.46. The van der Waals surface area contributed by atoms with Crippen LogP contribution < -0.4 is 10.6 Å². The summed E-state index contributed by atoms with van der Waals surface area (Å²) >= 11 is 3.22. The number of thioether (sulfide) groups is 2. The van der Waals surface area contributed by atoms with Gasteiger partial charge in [-0.05, 0) is 25.7 Å². The fourth-order valence-electron chi connectivity index (χ4n) is 3.51. The zero-order chi connectivity index (χ0) is 16.7. The number of carbonyl (C=O) groups is 2. The van der Waals surface area contributed by atoms with Crippen LogP contribution in [-0.2, 0) is 9.59 Å². The molecule has 0 aromatic carbocycles. The van der Waals surface area contributed by atoms with Gasteiger partial charge in [0.1, 0.15) is 0 Å². The summed E-state index contributed by atoms with van der Waals surface area (Å²) in [6.07, 6.45) is 11.9. The minimum atomic E-state index is -1.03. The van der Waals surface area contributed by atoms with Crippen molar-refractivity contribution in [3.63, 3.8) is 0 Å². The fraction of sp³-hybridized carbons (Fsp3) is 0.882. The zero-order valence-electron chi connectivity index (χ0n) is 14.4. The highest BCUT2D eigenvalue weighted by Gasteiger charge is 2.49. The van der Waals surface area contributed by atoms with Gasteiger partial charge in [-0.1, -0.05) is 38.5 Å². The number of nitrogens with one attached hydrogen (secondary N) is 2. The van der Waals surface area contributed by atoms with Crippen LogP contribution in [0.4, 0.5) is 0 Å². The van der Waals surface area contributed by atoms with Gasteiger partial charge in [0.25, 0.3) is 11.8 Å². The van der Waals surface area contributed by atoms with Crippen LogP contribution in [0.5, 0.6) is 0 Å². The Morgan fingerprint density at radius 1 is 0.739 bits per heavy atom. The lowest BCUT2D eigenvalue weighted by Crippen LogP contribution is -2.53. The van der Waals surface area contributed by atoms with E-state index in [2.05, 4.69) is 10.6 Å². The Labute approximate surface area is 148 Å². The Kier molecular flexibility index (Phi) is 7.60. The van der Waals surface area contributed by atoms with E-state index in [0.717, 1.165) is 25.7 Å². The summed E-state index contributed by atoms with van der Waals surface area (Å²) in [5.74, 6) is -0.300. The van der Waals surface area contributed by atoms with Crippen LogP contribution in [-0.4, -0.2) is 40.5 Å². The molecule has 132 valence electrons. The summed E-state index contributed by atoms with van der Waals surface area (Å²) in [5, 5.41) is 6.34. The Bertz CT molecular complexity index is 367. The smallest absolute Gasteiger partial charge is 0.256 e. The maximum atomic E-state index is 12.8. The van der Waals surface area contributed by atoms with Gasteiger partial charge in [0.05, 0.1) is 0 Å². The van der Waals surface area contributed by atoms with E-state index >= 15 is 0 Å². The topological polar surface area (TPSA) is 58.2 Å². The second-order valence-corrected chi connectivity index (χ2v) is 9.82. The molecule has 2 rings (SSSR count). The lowest BCUT2D eigenvalue weighted by Gasteiger charge is -2.37. The highest BCUT2D eigenvalue weighted by molar-refractivity contribution is 8.21. The van der Waals surface area contributed by atoms with Crippen LogP contribution in [0.3, 0.4) is 0 Å². The Morgan fingerprint density at radius 2 is 1.09 bits per heavy atom. The molecule has 0 saturated heterocycles. The number of carbonyl (C=O) groups excluding carboxylic acids is 2. The molecule has 6 heteroatoms. The molecular weight excluding hydrogens is 328 g/mol. The Morgan fingerprint density at radius 3 is 1.39 bits per heavy atom. The SMILES string of the molecule is CNC(=O)C(SC1CCCCC1)(SC1CCCCC1)C(=O)NC. The van der Waals surface area contributed by atoms with Gasteiger partial charge in [0.15, 0.2) is 0 Å². The summed E-state index contributed by atoms with van der Waals surface area (Å²) in [4.78, 5) is 25.5. The number of amides is 2. The first kappa shape index (κ1) is 19.0. The van der Waals surface area contributed by atoms with Crippen LogP contribution in [0.25, 0.3) is 0 Å². The van der Waals surface area contributed by atoms with Gasteiger partial charge in [-0.2, -0.15) is 0 Å². The van der Waals surface area contributed by atoms with Gasteiger partial charge < -0.3 is 10.6 Å². The lowest BCUT2D eigenvalue weighted by molar-refractivity contribution is -0.129. The van der Waals surface area contributed by atoms with Gasteiger partial charge in [0.2, 0.25) is 4.08 Å². The van der Waals surface area contributed by atoms with E-state index in [1.807, 2.05) is 0 Å². The predicted octanol–water partition coefficient (Wildman–Crippen LogP) is 3.31. The average molecular weight is 359 g/mol. The van der Waals surface area contributed by atoms with Crippen LogP contribution in [0.1, 0.15) is 64.2 Å². The van der Waals surface area contributed by atoms with Gasteiger partial charge in [-0.15, -0.1) is 23.5 Å². The first-order valence-corrected chi connectivity index (χ1v) is 10.7. The standard InChI is InChI=1S/C17H30N2O2S2/c1-18-15(20)17(16(21)19-2,22-13-9-5-3-6-10-13)23-14-11-7-4-8-12-14/h13-14H,3-12H2,1-2H3,(H,18,20)(H,19,21). The van der Waals surface area contributed by atoms with Crippen molar-refractivity contribution in [3.05, 3.63) is 0 Å². The molecule has 0 unspecified atom stereocenters. The number of hydrogen-bond donors (Lipinski definition) is 2. The molecule has 2 aliphatic carbocycles. The van der Waals surface area contributed by atoms with Crippen molar-refractivity contribution < 1.29 is 9.59 Å². The minimum Gasteiger partial charge on any atom is -0.357 e. The van der Waals surface area contributed by atoms with Crippen molar-refractivity contribution in [1.29, 1.82) is 0 Å². The van der Waals surface area contributed by atoms with Crippen molar-refractivity contribution in [2.45, 2.75) is 78.8 Å². The first-order chi connectivity index (χ1) is 11.1. The predicted molar refractivity (Wildman–Crippen MR) is 99.8 cm³/mol. The highest BCUT2D eigenvalue weighted by atomic mass is 32.2. The maximum absolute atomic E-state index is 12.8.